The molecule has 0 heterocycles. The fraction of sp³-hybridized carbons (Fsp3) is 0. The largest absolute Gasteiger partial charge is 0.508 e. The first-order valence-electron chi connectivity index (χ1n) is 4.37. The Labute approximate surface area is 87.2 Å². The van der Waals surface area contributed by atoms with Crippen molar-refractivity contribution in [1.82, 2.24) is 0 Å². The SMILES string of the molecule is Oc1ccccc1.Oc1ccccc1F. The highest BCUT2D eigenvalue weighted by atomic mass is 19.1. The van der Waals surface area contributed by atoms with Gasteiger partial charge in [-0.15, -0.1) is 0 Å². The predicted molar refractivity (Wildman–Crippen MR) is 56.2 cm³/mol. The van der Waals surface area contributed by atoms with Crippen LogP contribution in [0.2, 0.25) is 0 Å². The van der Waals surface area contributed by atoms with Crippen LogP contribution in [0.3, 0.4) is 0 Å². The molecule has 0 saturated heterocycles. The number of phenolic OH excluding ortho intramolecular Hbond substituents is 2. The number of aromatic hydroxyl groups is 2. The Kier molecular flexibility index (Phi) is 4.16. The van der Waals surface area contributed by atoms with Gasteiger partial charge in [0.05, 0.1) is 0 Å². The third-order valence-electron chi connectivity index (χ3n) is 1.61. The average molecular weight is 206 g/mol. The average Bonchev–Trinajstić information content (AvgIpc) is 2.25. The van der Waals surface area contributed by atoms with E-state index in [1.807, 2.05) is 6.07 Å². The second-order valence-electron chi connectivity index (χ2n) is 2.79. The van der Waals surface area contributed by atoms with Crippen molar-refractivity contribution in [2.75, 3.05) is 0 Å². The maximum Gasteiger partial charge on any atom is 0.164 e. The van der Waals surface area contributed by atoms with Crippen LogP contribution in [0.25, 0.3) is 0 Å². The van der Waals surface area contributed by atoms with E-state index < -0.39 is 5.82 Å². The molecule has 3 heteroatoms. The van der Waals surface area contributed by atoms with Gasteiger partial charge in [0.25, 0.3) is 0 Å². The first-order valence-corrected chi connectivity index (χ1v) is 4.37. The minimum absolute atomic E-state index is 0.299. The molecule has 2 aromatic rings. The summed E-state index contributed by atoms with van der Waals surface area (Å²) in [4.78, 5) is 0. The molecule has 2 nitrogen and oxygen atoms in total. The van der Waals surface area contributed by atoms with Gasteiger partial charge in [-0.05, 0) is 24.3 Å². The maximum absolute atomic E-state index is 12.1. The number of hydrogen-bond donors (Lipinski definition) is 2. The quantitative estimate of drug-likeness (QED) is 0.695. The molecule has 2 rings (SSSR count). The number of phenols is 2. The second-order valence-corrected chi connectivity index (χ2v) is 2.79. The number of hydrogen-bond acceptors (Lipinski definition) is 2. The van der Waals surface area contributed by atoms with E-state index in [0.717, 1.165) is 0 Å². The predicted octanol–water partition coefficient (Wildman–Crippen LogP) is 2.92. The van der Waals surface area contributed by atoms with Gasteiger partial charge in [0.1, 0.15) is 5.75 Å². The number of halogens is 1. The molecule has 78 valence electrons. The first-order chi connectivity index (χ1) is 7.20. The fourth-order valence-corrected chi connectivity index (χ4v) is 0.880. The highest BCUT2D eigenvalue weighted by Gasteiger charge is 1.92. The van der Waals surface area contributed by atoms with Gasteiger partial charge in [0.2, 0.25) is 0 Å². The standard InChI is InChI=1S/C6H5FO.C6H6O/c7-5-3-1-2-4-6(5)8;7-6-4-2-1-3-5-6/h1-4,8H;1-5,7H. The second kappa shape index (κ2) is 5.65. The van der Waals surface area contributed by atoms with E-state index in [1.165, 1.54) is 18.2 Å². The molecule has 2 aromatic carbocycles. The molecule has 0 radical (unpaired) electrons. The fourth-order valence-electron chi connectivity index (χ4n) is 0.880. The van der Waals surface area contributed by atoms with Gasteiger partial charge in [0.15, 0.2) is 11.6 Å². The Morgan fingerprint density at radius 1 is 0.733 bits per heavy atom. The minimum atomic E-state index is -0.576. The van der Waals surface area contributed by atoms with Crippen molar-refractivity contribution >= 4 is 0 Å². The van der Waals surface area contributed by atoms with Crippen LogP contribution in [-0.4, -0.2) is 10.2 Å². The maximum atomic E-state index is 12.1. The number of benzene rings is 2. The summed E-state index contributed by atoms with van der Waals surface area (Å²) in [6.07, 6.45) is 0. The van der Waals surface area contributed by atoms with Crippen molar-refractivity contribution in [2.45, 2.75) is 0 Å². The summed E-state index contributed by atoms with van der Waals surface area (Å²) in [7, 11) is 0. The summed E-state index contributed by atoms with van der Waals surface area (Å²) < 4.78 is 12.1. The van der Waals surface area contributed by atoms with E-state index in [2.05, 4.69) is 0 Å². The van der Waals surface area contributed by atoms with Crippen LogP contribution in [0.5, 0.6) is 11.5 Å². The van der Waals surface area contributed by atoms with Crippen LogP contribution in [-0.2, 0) is 0 Å². The van der Waals surface area contributed by atoms with Gasteiger partial charge >= 0.3 is 0 Å². The van der Waals surface area contributed by atoms with E-state index in [9.17, 15) is 4.39 Å². The Morgan fingerprint density at radius 3 is 1.60 bits per heavy atom. The zero-order valence-corrected chi connectivity index (χ0v) is 7.97. The molecule has 0 unspecified atom stereocenters. The van der Waals surface area contributed by atoms with E-state index in [-0.39, 0.29) is 5.75 Å². The van der Waals surface area contributed by atoms with Crippen LogP contribution < -0.4 is 0 Å². The van der Waals surface area contributed by atoms with Crippen molar-refractivity contribution in [1.29, 1.82) is 0 Å². The van der Waals surface area contributed by atoms with Crippen molar-refractivity contribution in [2.24, 2.45) is 0 Å². The van der Waals surface area contributed by atoms with Gasteiger partial charge in [0, 0.05) is 0 Å². The van der Waals surface area contributed by atoms with E-state index in [1.54, 1.807) is 30.3 Å². The highest BCUT2D eigenvalue weighted by Crippen LogP contribution is 2.11. The van der Waals surface area contributed by atoms with Gasteiger partial charge in [-0.3, -0.25) is 0 Å². The molecule has 0 aliphatic rings. The van der Waals surface area contributed by atoms with Crippen molar-refractivity contribution < 1.29 is 14.6 Å². The molecule has 0 aliphatic carbocycles. The lowest BCUT2D eigenvalue weighted by molar-refractivity contribution is 0.432. The summed E-state index contributed by atoms with van der Waals surface area (Å²) in [5, 5.41) is 17.2. The van der Waals surface area contributed by atoms with Crippen LogP contribution in [0.15, 0.2) is 54.6 Å². The van der Waals surface area contributed by atoms with Gasteiger partial charge in [-0.2, -0.15) is 0 Å². The monoisotopic (exact) mass is 206 g/mol. The Balaban J connectivity index is 0.000000151. The molecule has 0 amide bonds. The van der Waals surface area contributed by atoms with E-state index in [0.29, 0.717) is 5.75 Å². The van der Waals surface area contributed by atoms with Crippen LogP contribution in [0.4, 0.5) is 4.39 Å². The van der Waals surface area contributed by atoms with Crippen molar-refractivity contribution in [3.05, 3.63) is 60.4 Å². The highest BCUT2D eigenvalue weighted by molar-refractivity contribution is 5.21. The van der Waals surface area contributed by atoms with Gasteiger partial charge in [-0.1, -0.05) is 30.3 Å². The smallest absolute Gasteiger partial charge is 0.164 e. The number of rotatable bonds is 0. The molecule has 0 saturated carbocycles. The third kappa shape index (κ3) is 4.13. The zero-order valence-electron chi connectivity index (χ0n) is 7.97. The van der Waals surface area contributed by atoms with Crippen LogP contribution in [0.1, 0.15) is 0 Å². The topological polar surface area (TPSA) is 40.5 Å². The molecular weight excluding hydrogens is 195 g/mol. The molecular formula is C12H11FO2. The Hall–Kier alpha value is -2.03. The molecule has 2 N–H and O–H groups in total. The molecule has 0 atom stereocenters. The first kappa shape index (κ1) is 11.0. The summed E-state index contributed by atoms with van der Waals surface area (Å²) in [6, 6.07) is 14.3. The molecule has 0 aliphatic heterocycles. The summed E-state index contributed by atoms with van der Waals surface area (Å²) >= 11 is 0. The van der Waals surface area contributed by atoms with E-state index >= 15 is 0 Å². The van der Waals surface area contributed by atoms with E-state index in [4.69, 9.17) is 10.2 Å². The summed E-state index contributed by atoms with van der Waals surface area (Å²) in [6.45, 7) is 0. The Bertz CT molecular complexity index is 380. The van der Waals surface area contributed by atoms with Crippen LogP contribution in [0, 0.1) is 5.82 Å². The summed E-state index contributed by atoms with van der Waals surface area (Å²) in [5.74, 6) is -0.553. The lowest BCUT2D eigenvalue weighted by Gasteiger charge is -1.88. The zero-order chi connectivity index (χ0) is 11.1. The molecule has 0 aromatic heterocycles. The Morgan fingerprint density at radius 2 is 1.27 bits per heavy atom. The van der Waals surface area contributed by atoms with Gasteiger partial charge < -0.3 is 10.2 Å². The molecule has 15 heavy (non-hydrogen) atoms. The lowest BCUT2D eigenvalue weighted by atomic mass is 10.3. The van der Waals surface area contributed by atoms with Crippen LogP contribution >= 0.6 is 0 Å². The van der Waals surface area contributed by atoms with Crippen molar-refractivity contribution in [3.63, 3.8) is 0 Å². The van der Waals surface area contributed by atoms with Gasteiger partial charge in [-0.25, -0.2) is 4.39 Å². The lowest BCUT2D eigenvalue weighted by Crippen LogP contribution is -1.70. The third-order valence-corrected chi connectivity index (χ3v) is 1.61. The van der Waals surface area contributed by atoms with Crippen molar-refractivity contribution in [3.8, 4) is 11.5 Å². The number of para-hydroxylation sites is 2. The molecule has 0 fully saturated rings. The normalized spacial score (nSPS) is 8.87. The molecule has 0 spiro atoms. The summed E-state index contributed by atoms with van der Waals surface area (Å²) in [5.41, 5.74) is 0. The molecule has 0 bridgehead atoms. The minimum Gasteiger partial charge on any atom is -0.508 e.